The summed E-state index contributed by atoms with van der Waals surface area (Å²) in [5.74, 6) is 0.203. The molecule has 0 spiro atoms. The first-order chi connectivity index (χ1) is 14.9. The van der Waals surface area contributed by atoms with Gasteiger partial charge in [-0.3, -0.25) is 4.79 Å². The van der Waals surface area contributed by atoms with E-state index in [1.54, 1.807) is 6.07 Å². The molecule has 166 valence electrons. The fourth-order valence-corrected chi connectivity index (χ4v) is 5.84. The van der Waals surface area contributed by atoms with Crippen molar-refractivity contribution < 1.29 is 22.7 Å². The molecule has 1 fully saturated rings. The summed E-state index contributed by atoms with van der Waals surface area (Å²) in [6.07, 6.45) is 4.01. The zero-order valence-electron chi connectivity index (χ0n) is 17.9. The first-order valence-electron chi connectivity index (χ1n) is 10.9. The summed E-state index contributed by atoms with van der Waals surface area (Å²) in [4.78, 5) is 12.7. The Morgan fingerprint density at radius 3 is 2.58 bits per heavy atom. The Kier molecular flexibility index (Phi) is 6.62. The predicted octanol–water partition coefficient (Wildman–Crippen LogP) is 3.51. The molecule has 0 amide bonds. The van der Waals surface area contributed by atoms with Gasteiger partial charge in [0.05, 0.1) is 10.8 Å². The molecule has 0 saturated carbocycles. The van der Waals surface area contributed by atoms with Crippen LogP contribution in [0.4, 0.5) is 0 Å². The van der Waals surface area contributed by atoms with Gasteiger partial charge in [-0.15, -0.1) is 0 Å². The number of carbonyl (C=O) groups excluding carboxylic acids is 1. The van der Waals surface area contributed by atoms with E-state index in [0.29, 0.717) is 37.4 Å². The summed E-state index contributed by atoms with van der Waals surface area (Å²) in [7, 11) is -3.53. The highest BCUT2D eigenvalue weighted by molar-refractivity contribution is 7.89. The quantitative estimate of drug-likeness (QED) is 0.484. The molecule has 0 aromatic heterocycles. The molecule has 7 heteroatoms. The van der Waals surface area contributed by atoms with Gasteiger partial charge in [-0.25, -0.2) is 8.42 Å². The van der Waals surface area contributed by atoms with Crippen LogP contribution in [0.15, 0.2) is 47.4 Å². The maximum absolute atomic E-state index is 13.0. The van der Waals surface area contributed by atoms with Gasteiger partial charge >= 0.3 is 5.97 Å². The number of benzene rings is 2. The lowest BCUT2D eigenvalue weighted by atomic mass is 9.98. The lowest BCUT2D eigenvalue weighted by Gasteiger charge is -2.30. The van der Waals surface area contributed by atoms with E-state index < -0.39 is 10.0 Å². The number of sulfonamides is 1. The van der Waals surface area contributed by atoms with Crippen molar-refractivity contribution in [2.24, 2.45) is 5.92 Å². The van der Waals surface area contributed by atoms with Crippen LogP contribution in [0.5, 0.6) is 5.75 Å². The number of hydrogen-bond acceptors (Lipinski definition) is 5. The molecule has 1 saturated heterocycles. The first-order valence-corrected chi connectivity index (χ1v) is 12.4. The van der Waals surface area contributed by atoms with Crippen molar-refractivity contribution in [3.05, 3.63) is 59.2 Å². The zero-order valence-corrected chi connectivity index (χ0v) is 18.7. The molecule has 1 heterocycles. The molecule has 0 unspecified atom stereocenters. The van der Waals surface area contributed by atoms with Crippen LogP contribution in [-0.2, 0) is 32.4 Å². The Bertz CT molecular complexity index is 1040. The molecule has 2 aromatic rings. The molecule has 4 rings (SSSR count). The molecule has 1 aliphatic heterocycles. The monoisotopic (exact) mass is 443 g/mol. The fourth-order valence-electron chi connectivity index (χ4n) is 4.31. The van der Waals surface area contributed by atoms with Crippen molar-refractivity contribution in [2.75, 3.05) is 26.3 Å². The summed E-state index contributed by atoms with van der Waals surface area (Å²) in [6, 6.07) is 13.2. The molecule has 31 heavy (non-hydrogen) atoms. The van der Waals surface area contributed by atoms with E-state index in [0.717, 1.165) is 36.1 Å². The van der Waals surface area contributed by atoms with E-state index in [-0.39, 0.29) is 18.5 Å². The van der Waals surface area contributed by atoms with Gasteiger partial charge < -0.3 is 9.47 Å². The van der Waals surface area contributed by atoms with Gasteiger partial charge in [0.25, 0.3) is 0 Å². The van der Waals surface area contributed by atoms with Crippen LogP contribution >= 0.6 is 0 Å². The largest absolute Gasteiger partial charge is 0.490 e. The third-order valence-corrected chi connectivity index (χ3v) is 7.98. The van der Waals surface area contributed by atoms with Crippen LogP contribution in [-0.4, -0.2) is 45.0 Å². The van der Waals surface area contributed by atoms with Crippen molar-refractivity contribution in [1.29, 1.82) is 0 Å². The molecule has 0 bridgehead atoms. The second kappa shape index (κ2) is 9.40. The van der Waals surface area contributed by atoms with Crippen molar-refractivity contribution >= 4 is 16.0 Å². The van der Waals surface area contributed by atoms with E-state index in [1.807, 2.05) is 43.3 Å². The second-order valence-corrected chi connectivity index (χ2v) is 10.2. The topological polar surface area (TPSA) is 72.9 Å². The van der Waals surface area contributed by atoms with Crippen LogP contribution in [0.2, 0.25) is 0 Å². The highest BCUT2D eigenvalue weighted by atomic mass is 32.2. The van der Waals surface area contributed by atoms with Crippen molar-refractivity contribution in [2.45, 2.75) is 43.9 Å². The molecule has 0 atom stereocenters. The van der Waals surface area contributed by atoms with Gasteiger partial charge in [-0.05, 0) is 80.0 Å². The van der Waals surface area contributed by atoms with E-state index >= 15 is 0 Å². The molecule has 2 aliphatic rings. The number of carbonyl (C=O) groups is 1. The number of fused-ring (bicyclic) bond motifs is 1. The van der Waals surface area contributed by atoms with E-state index in [2.05, 4.69) is 0 Å². The number of piperidine rings is 1. The Morgan fingerprint density at radius 1 is 1.03 bits per heavy atom. The van der Waals surface area contributed by atoms with Crippen LogP contribution < -0.4 is 4.74 Å². The Morgan fingerprint density at radius 2 is 1.81 bits per heavy atom. The summed E-state index contributed by atoms with van der Waals surface area (Å²) >= 11 is 0. The van der Waals surface area contributed by atoms with Gasteiger partial charge in [-0.1, -0.05) is 18.2 Å². The van der Waals surface area contributed by atoms with Gasteiger partial charge in [0, 0.05) is 13.1 Å². The summed E-state index contributed by atoms with van der Waals surface area (Å²) < 4.78 is 38.5. The number of aryl methyl sites for hydroxylation is 3. The van der Waals surface area contributed by atoms with E-state index in [9.17, 15) is 13.2 Å². The standard InChI is InChI=1S/C24H29NO5S/c1-18-4-2-7-22(16-18)29-14-15-30-24(26)20-10-12-25(13-11-20)31(27,28)23-9-8-19-5-3-6-21(19)17-23/h2,4,7-9,16-17,20H,3,5-6,10-15H2,1H3. The van der Waals surface area contributed by atoms with E-state index in [4.69, 9.17) is 9.47 Å². The van der Waals surface area contributed by atoms with Gasteiger partial charge in [-0.2, -0.15) is 4.31 Å². The SMILES string of the molecule is Cc1cccc(OCCOC(=O)C2CCN(S(=O)(=O)c3ccc4c(c3)CCC4)CC2)c1. The Balaban J connectivity index is 1.24. The van der Waals surface area contributed by atoms with Gasteiger partial charge in [0.15, 0.2) is 0 Å². The summed E-state index contributed by atoms with van der Waals surface area (Å²) in [5, 5.41) is 0. The molecular formula is C24H29NO5S. The minimum absolute atomic E-state index is 0.181. The summed E-state index contributed by atoms with van der Waals surface area (Å²) in [6.45, 7) is 3.13. The van der Waals surface area contributed by atoms with Crippen LogP contribution in [0.25, 0.3) is 0 Å². The lowest BCUT2D eigenvalue weighted by Crippen LogP contribution is -2.40. The number of ether oxygens (including phenoxy) is 2. The molecular weight excluding hydrogens is 414 g/mol. The highest BCUT2D eigenvalue weighted by Crippen LogP contribution is 2.29. The normalized spacial score (nSPS) is 17.3. The smallest absolute Gasteiger partial charge is 0.309 e. The van der Waals surface area contributed by atoms with Crippen molar-refractivity contribution in [3.8, 4) is 5.75 Å². The zero-order chi connectivity index (χ0) is 21.8. The summed E-state index contributed by atoms with van der Waals surface area (Å²) in [5.41, 5.74) is 3.51. The number of esters is 1. The van der Waals surface area contributed by atoms with E-state index in [1.165, 1.54) is 9.87 Å². The molecule has 1 aliphatic carbocycles. The number of nitrogens with zero attached hydrogens (tertiary/aromatic N) is 1. The maximum atomic E-state index is 13.0. The van der Waals surface area contributed by atoms with Crippen molar-refractivity contribution in [3.63, 3.8) is 0 Å². The van der Waals surface area contributed by atoms with Crippen LogP contribution in [0.1, 0.15) is 36.0 Å². The second-order valence-electron chi connectivity index (χ2n) is 8.29. The number of rotatable bonds is 7. The minimum Gasteiger partial charge on any atom is -0.490 e. The third-order valence-electron chi connectivity index (χ3n) is 6.08. The molecule has 2 aromatic carbocycles. The first kappa shape index (κ1) is 21.8. The maximum Gasteiger partial charge on any atom is 0.309 e. The van der Waals surface area contributed by atoms with Gasteiger partial charge in [0.1, 0.15) is 19.0 Å². The van der Waals surface area contributed by atoms with Crippen LogP contribution in [0.3, 0.4) is 0 Å². The van der Waals surface area contributed by atoms with Crippen molar-refractivity contribution in [1.82, 2.24) is 4.31 Å². The Labute approximate surface area is 184 Å². The average molecular weight is 444 g/mol. The minimum atomic E-state index is -3.53. The molecule has 0 radical (unpaired) electrons. The lowest BCUT2D eigenvalue weighted by molar-refractivity contribution is -0.150. The average Bonchev–Trinajstić information content (AvgIpc) is 3.25. The van der Waals surface area contributed by atoms with Crippen LogP contribution in [0, 0.1) is 12.8 Å². The highest BCUT2D eigenvalue weighted by Gasteiger charge is 2.33. The molecule has 0 N–H and O–H groups in total. The number of hydrogen-bond donors (Lipinski definition) is 0. The third kappa shape index (κ3) is 5.10. The van der Waals surface area contributed by atoms with Gasteiger partial charge in [0.2, 0.25) is 10.0 Å². The fraction of sp³-hybridized carbons (Fsp3) is 0.458. The molecule has 6 nitrogen and oxygen atoms in total. The predicted molar refractivity (Wildman–Crippen MR) is 118 cm³/mol. The Hall–Kier alpha value is -2.38.